The molecule has 0 aliphatic carbocycles. The predicted molar refractivity (Wildman–Crippen MR) is 92.7 cm³/mol. The minimum Gasteiger partial charge on any atom is -0.497 e. The molecule has 24 heavy (non-hydrogen) atoms. The molecule has 4 nitrogen and oxygen atoms in total. The summed E-state index contributed by atoms with van der Waals surface area (Å²) in [4.78, 5) is 12.9. The van der Waals surface area contributed by atoms with Crippen LogP contribution in [0.1, 0.15) is 45.6 Å². The van der Waals surface area contributed by atoms with Gasteiger partial charge in [0.15, 0.2) is 0 Å². The Balaban J connectivity index is 2.37. The Bertz CT molecular complexity index is 613. The Kier molecular flexibility index (Phi) is 6.04. The van der Waals surface area contributed by atoms with Crippen molar-refractivity contribution in [2.75, 3.05) is 20.3 Å². The SMILES string of the molecule is CC#CCCC(=O)C(C)(C)C1(c2ccc(OC)cc2)OCCCO1. The first kappa shape index (κ1) is 18.5. The maximum atomic E-state index is 12.9. The van der Waals surface area contributed by atoms with Crippen molar-refractivity contribution in [3.05, 3.63) is 29.8 Å². The summed E-state index contributed by atoms with van der Waals surface area (Å²) < 4.78 is 17.4. The van der Waals surface area contributed by atoms with Crippen LogP contribution in [-0.4, -0.2) is 26.1 Å². The number of methoxy groups -OCH3 is 1. The number of ketones is 1. The molecule has 1 aliphatic heterocycles. The highest BCUT2D eigenvalue weighted by atomic mass is 16.7. The molecule has 1 saturated heterocycles. The summed E-state index contributed by atoms with van der Waals surface area (Å²) in [6.45, 7) is 6.70. The van der Waals surface area contributed by atoms with E-state index >= 15 is 0 Å². The molecule has 0 bridgehead atoms. The molecule has 0 amide bonds. The Morgan fingerprint density at radius 1 is 1.25 bits per heavy atom. The molecule has 2 rings (SSSR count). The van der Waals surface area contributed by atoms with Gasteiger partial charge in [0.05, 0.1) is 25.7 Å². The van der Waals surface area contributed by atoms with Crippen LogP contribution in [-0.2, 0) is 20.1 Å². The van der Waals surface area contributed by atoms with Gasteiger partial charge >= 0.3 is 0 Å². The van der Waals surface area contributed by atoms with Crippen molar-refractivity contribution < 1.29 is 19.0 Å². The second kappa shape index (κ2) is 7.83. The summed E-state index contributed by atoms with van der Waals surface area (Å²) in [7, 11) is 1.63. The fraction of sp³-hybridized carbons (Fsp3) is 0.550. The van der Waals surface area contributed by atoms with Gasteiger partial charge in [0, 0.05) is 18.4 Å². The van der Waals surface area contributed by atoms with Gasteiger partial charge in [0.2, 0.25) is 5.79 Å². The molecule has 0 atom stereocenters. The minimum absolute atomic E-state index is 0.0861. The van der Waals surface area contributed by atoms with Crippen LogP contribution in [0, 0.1) is 17.3 Å². The van der Waals surface area contributed by atoms with Crippen molar-refractivity contribution in [2.45, 2.75) is 45.8 Å². The molecule has 1 aliphatic rings. The molecule has 0 radical (unpaired) electrons. The van der Waals surface area contributed by atoms with Gasteiger partial charge in [-0.25, -0.2) is 0 Å². The zero-order valence-electron chi connectivity index (χ0n) is 15.0. The highest BCUT2D eigenvalue weighted by Gasteiger charge is 2.54. The van der Waals surface area contributed by atoms with Crippen LogP contribution in [0.4, 0.5) is 0 Å². The summed E-state index contributed by atoms with van der Waals surface area (Å²) in [6, 6.07) is 7.54. The third-order valence-corrected chi connectivity index (χ3v) is 4.54. The van der Waals surface area contributed by atoms with Crippen LogP contribution in [0.25, 0.3) is 0 Å². The summed E-state index contributed by atoms with van der Waals surface area (Å²) in [6.07, 6.45) is 1.76. The molecule has 130 valence electrons. The fourth-order valence-corrected chi connectivity index (χ4v) is 3.03. The van der Waals surface area contributed by atoms with E-state index in [1.807, 2.05) is 38.1 Å². The maximum absolute atomic E-state index is 12.9. The zero-order valence-corrected chi connectivity index (χ0v) is 15.0. The standard InChI is InChI=1S/C20H26O4/c1-5-6-7-9-18(21)19(2,3)20(23-14-8-15-24-20)16-10-12-17(22-4)13-11-16/h10-13H,7-9,14-15H2,1-4H3. The van der Waals surface area contributed by atoms with Crippen LogP contribution >= 0.6 is 0 Å². The molecule has 1 aromatic rings. The highest BCUT2D eigenvalue weighted by Crippen LogP contribution is 2.47. The number of carbonyl (C=O) groups excluding carboxylic acids is 1. The van der Waals surface area contributed by atoms with E-state index in [1.54, 1.807) is 14.0 Å². The van der Waals surface area contributed by atoms with Gasteiger partial charge < -0.3 is 14.2 Å². The number of ether oxygens (including phenoxy) is 3. The quantitative estimate of drug-likeness (QED) is 0.746. The van der Waals surface area contributed by atoms with Gasteiger partial charge in [-0.05, 0) is 51.5 Å². The van der Waals surface area contributed by atoms with Crippen LogP contribution in [0.5, 0.6) is 5.75 Å². The normalized spacial score (nSPS) is 16.8. The Labute approximate surface area is 144 Å². The van der Waals surface area contributed by atoms with Crippen molar-refractivity contribution in [3.63, 3.8) is 0 Å². The lowest BCUT2D eigenvalue weighted by Crippen LogP contribution is -2.53. The maximum Gasteiger partial charge on any atom is 0.207 e. The monoisotopic (exact) mass is 330 g/mol. The Morgan fingerprint density at radius 2 is 1.88 bits per heavy atom. The largest absolute Gasteiger partial charge is 0.497 e. The topological polar surface area (TPSA) is 44.8 Å². The first-order valence-corrected chi connectivity index (χ1v) is 8.33. The number of carbonyl (C=O) groups is 1. The molecule has 1 fully saturated rings. The average Bonchev–Trinajstić information content (AvgIpc) is 2.62. The van der Waals surface area contributed by atoms with Gasteiger partial charge in [-0.3, -0.25) is 4.79 Å². The summed E-state index contributed by atoms with van der Waals surface area (Å²) >= 11 is 0. The van der Waals surface area contributed by atoms with E-state index in [4.69, 9.17) is 14.2 Å². The van der Waals surface area contributed by atoms with E-state index in [1.165, 1.54) is 0 Å². The van der Waals surface area contributed by atoms with Crippen molar-refractivity contribution >= 4 is 5.78 Å². The van der Waals surface area contributed by atoms with Gasteiger partial charge in [0.25, 0.3) is 0 Å². The van der Waals surface area contributed by atoms with Crippen LogP contribution < -0.4 is 4.74 Å². The average molecular weight is 330 g/mol. The summed E-state index contributed by atoms with van der Waals surface area (Å²) in [5.74, 6) is 5.55. The Morgan fingerprint density at radius 3 is 2.42 bits per heavy atom. The lowest BCUT2D eigenvalue weighted by atomic mass is 9.73. The summed E-state index contributed by atoms with van der Waals surface area (Å²) in [5, 5.41) is 0. The predicted octanol–water partition coefficient (Wildman–Crippen LogP) is 3.68. The van der Waals surface area contributed by atoms with Crippen molar-refractivity contribution in [1.82, 2.24) is 0 Å². The van der Waals surface area contributed by atoms with E-state index < -0.39 is 11.2 Å². The molecule has 0 spiro atoms. The van der Waals surface area contributed by atoms with Crippen LogP contribution in [0.2, 0.25) is 0 Å². The lowest BCUT2D eigenvalue weighted by Gasteiger charge is -2.47. The third-order valence-electron chi connectivity index (χ3n) is 4.54. The second-order valence-corrected chi connectivity index (χ2v) is 6.37. The Hall–Kier alpha value is -1.83. The molecule has 0 aromatic heterocycles. The summed E-state index contributed by atoms with van der Waals surface area (Å²) in [5.41, 5.74) is 0.0140. The number of rotatable bonds is 6. The third kappa shape index (κ3) is 3.48. The lowest BCUT2D eigenvalue weighted by molar-refractivity contribution is -0.319. The van der Waals surface area contributed by atoms with E-state index in [0.717, 1.165) is 17.7 Å². The molecular formula is C20H26O4. The number of hydrogen-bond donors (Lipinski definition) is 0. The van der Waals surface area contributed by atoms with E-state index in [2.05, 4.69) is 11.8 Å². The smallest absolute Gasteiger partial charge is 0.207 e. The van der Waals surface area contributed by atoms with E-state index in [0.29, 0.717) is 26.1 Å². The van der Waals surface area contributed by atoms with Gasteiger partial charge in [-0.15, -0.1) is 11.8 Å². The fourth-order valence-electron chi connectivity index (χ4n) is 3.03. The molecule has 4 heteroatoms. The second-order valence-electron chi connectivity index (χ2n) is 6.37. The molecule has 0 saturated carbocycles. The first-order chi connectivity index (χ1) is 11.5. The number of Topliss-reactive ketones (excluding diaryl/α,β-unsaturated/α-hetero) is 1. The van der Waals surface area contributed by atoms with Crippen molar-refractivity contribution in [1.29, 1.82) is 0 Å². The molecule has 1 aromatic carbocycles. The van der Waals surface area contributed by atoms with Crippen LogP contribution in [0.15, 0.2) is 24.3 Å². The van der Waals surface area contributed by atoms with E-state index in [-0.39, 0.29) is 5.78 Å². The molecular weight excluding hydrogens is 304 g/mol. The molecule has 0 unspecified atom stereocenters. The highest BCUT2D eigenvalue weighted by molar-refractivity contribution is 5.85. The van der Waals surface area contributed by atoms with E-state index in [9.17, 15) is 4.79 Å². The molecule has 1 heterocycles. The first-order valence-electron chi connectivity index (χ1n) is 8.33. The van der Waals surface area contributed by atoms with Gasteiger partial charge in [0.1, 0.15) is 11.5 Å². The van der Waals surface area contributed by atoms with Gasteiger partial charge in [-0.2, -0.15) is 0 Å². The van der Waals surface area contributed by atoms with Gasteiger partial charge in [-0.1, -0.05) is 0 Å². The molecule has 0 N–H and O–H groups in total. The number of benzene rings is 1. The van der Waals surface area contributed by atoms with Crippen molar-refractivity contribution in [3.8, 4) is 17.6 Å². The number of hydrogen-bond acceptors (Lipinski definition) is 4. The van der Waals surface area contributed by atoms with Crippen molar-refractivity contribution in [2.24, 2.45) is 5.41 Å². The van der Waals surface area contributed by atoms with Crippen LogP contribution in [0.3, 0.4) is 0 Å². The minimum atomic E-state index is -1.08. The zero-order chi connectivity index (χ0) is 17.6.